The summed E-state index contributed by atoms with van der Waals surface area (Å²) in [5.74, 6) is 0.946. The molecule has 0 fully saturated rings. The highest BCUT2D eigenvalue weighted by molar-refractivity contribution is 5.97. The van der Waals surface area contributed by atoms with Gasteiger partial charge in [-0.3, -0.25) is 0 Å². The van der Waals surface area contributed by atoms with Crippen molar-refractivity contribution in [2.75, 3.05) is 17.2 Å². The van der Waals surface area contributed by atoms with Crippen LogP contribution in [0.3, 0.4) is 0 Å². The van der Waals surface area contributed by atoms with Gasteiger partial charge in [0, 0.05) is 46.4 Å². The SMILES string of the molecule is CCCN(c1ccc(C)cc1)c1ccc2c(c1)Oc1ccc(N)cc1C21OC(=O)c2ccccc21. The molecule has 2 heterocycles. The van der Waals surface area contributed by atoms with Crippen molar-refractivity contribution in [3.05, 3.63) is 113 Å². The lowest BCUT2D eigenvalue weighted by Crippen LogP contribution is -2.33. The fraction of sp³-hybridized carbons (Fsp3) is 0.167. The lowest BCUT2D eigenvalue weighted by Gasteiger charge is -2.37. The second-order valence-corrected chi connectivity index (χ2v) is 9.14. The molecular weight excluding hydrogens is 436 g/mol. The summed E-state index contributed by atoms with van der Waals surface area (Å²) in [6.07, 6.45) is 0.989. The quantitative estimate of drug-likeness (QED) is 0.270. The van der Waals surface area contributed by atoms with E-state index in [-0.39, 0.29) is 5.97 Å². The molecule has 5 nitrogen and oxygen atoms in total. The predicted molar refractivity (Wildman–Crippen MR) is 138 cm³/mol. The summed E-state index contributed by atoms with van der Waals surface area (Å²) in [5.41, 5.74) is 11.9. The Morgan fingerprint density at radius 2 is 1.60 bits per heavy atom. The first kappa shape index (κ1) is 21.3. The second-order valence-electron chi connectivity index (χ2n) is 9.14. The lowest BCUT2D eigenvalue weighted by atomic mass is 9.77. The zero-order valence-electron chi connectivity index (χ0n) is 19.7. The molecule has 4 aromatic rings. The Bertz CT molecular complexity index is 1460. The van der Waals surface area contributed by atoms with Gasteiger partial charge in [0.05, 0.1) is 5.56 Å². The molecule has 35 heavy (non-hydrogen) atoms. The Labute approximate surface area is 204 Å². The normalized spacial score (nSPS) is 17.3. The number of nitrogen functional groups attached to an aromatic ring is 1. The summed E-state index contributed by atoms with van der Waals surface area (Å²) in [5, 5.41) is 0. The van der Waals surface area contributed by atoms with Crippen molar-refractivity contribution >= 4 is 23.0 Å². The minimum Gasteiger partial charge on any atom is -0.456 e. The lowest BCUT2D eigenvalue weighted by molar-refractivity contribution is 0.0224. The molecule has 0 saturated carbocycles. The van der Waals surface area contributed by atoms with E-state index in [0.717, 1.165) is 41.0 Å². The minimum absolute atomic E-state index is 0.349. The third-order valence-corrected chi connectivity index (χ3v) is 6.82. The Morgan fingerprint density at radius 3 is 2.40 bits per heavy atom. The van der Waals surface area contributed by atoms with E-state index in [1.807, 2.05) is 48.5 Å². The average Bonchev–Trinajstić information content (AvgIpc) is 3.17. The number of nitrogens with zero attached hydrogens (tertiary/aromatic N) is 1. The number of nitrogens with two attached hydrogens (primary N) is 1. The summed E-state index contributed by atoms with van der Waals surface area (Å²) in [4.78, 5) is 15.3. The zero-order valence-corrected chi connectivity index (χ0v) is 19.7. The van der Waals surface area contributed by atoms with Crippen LogP contribution in [0.5, 0.6) is 11.5 Å². The smallest absolute Gasteiger partial charge is 0.340 e. The highest BCUT2D eigenvalue weighted by atomic mass is 16.6. The van der Waals surface area contributed by atoms with Gasteiger partial charge in [0.25, 0.3) is 0 Å². The molecule has 1 atom stereocenters. The number of hydrogen-bond donors (Lipinski definition) is 1. The Hall–Kier alpha value is -4.25. The Kier molecular flexibility index (Phi) is 4.81. The van der Waals surface area contributed by atoms with Crippen LogP contribution in [0, 0.1) is 6.92 Å². The molecule has 0 saturated heterocycles. The molecule has 0 aliphatic carbocycles. The molecule has 0 bridgehead atoms. The number of benzene rings is 4. The van der Waals surface area contributed by atoms with E-state index in [1.54, 1.807) is 6.07 Å². The van der Waals surface area contributed by atoms with E-state index in [4.69, 9.17) is 15.2 Å². The van der Waals surface area contributed by atoms with Crippen LogP contribution < -0.4 is 15.4 Å². The van der Waals surface area contributed by atoms with E-state index >= 15 is 0 Å². The van der Waals surface area contributed by atoms with Gasteiger partial charge in [0.2, 0.25) is 0 Å². The molecule has 174 valence electrons. The van der Waals surface area contributed by atoms with Gasteiger partial charge in [-0.25, -0.2) is 4.79 Å². The van der Waals surface area contributed by atoms with E-state index < -0.39 is 5.60 Å². The van der Waals surface area contributed by atoms with Gasteiger partial charge in [-0.1, -0.05) is 42.8 Å². The van der Waals surface area contributed by atoms with Crippen LogP contribution in [0.15, 0.2) is 84.9 Å². The Morgan fingerprint density at radius 1 is 0.829 bits per heavy atom. The zero-order chi connectivity index (χ0) is 24.2. The molecule has 2 aliphatic heterocycles. The van der Waals surface area contributed by atoms with Crippen molar-refractivity contribution in [1.29, 1.82) is 0 Å². The number of esters is 1. The number of fused-ring (bicyclic) bond motifs is 6. The first-order chi connectivity index (χ1) is 17.0. The molecule has 2 aliphatic rings. The molecule has 1 spiro atoms. The topological polar surface area (TPSA) is 64.8 Å². The van der Waals surface area contributed by atoms with Crippen LogP contribution in [0.2, 0.25) is 0 Å². The van der Waals surface area contributed by atoms with Crippen LogP contribution in [-0.2, 0) is 10.3 Å². The van der Waals surface area contributed by atoms with Crippen molar-refractivity contribution < 1.29 is 14.3 Å². The van der Waals surface area contributed by atoms with Crippen LogP contribution >= 0.6 is 0 Å². The monoisotopic (exact) mass is 462 g/mol. The maximum absolute atomic E-state index is 13.0. The van der Waals surface area contributed by atoms with Crippen molar-refractivity contribution in [3.63, 3.8) is 0 Å². The average molecular weight is 463 g/mol. The predicted octanol–water partition coefficient (Wildman–Crippen LogP) is 6.69. The van der Waals surface area contributed by atoms with Crippen molar-refractivity contribution in [2.24, 2.45) is 0 Å². The van der Waals surface area contributed by atoms with Crippen molar-refractivity contribution in [2.45, 2.75) is 25.9 Å². The van der Waals surface area contributed by atoms with Gasteiger partial charge in [-0.05, 0) is 61.9 Å². The first-order valence-electron chi connectivity index (χ1n) is 11.9. The highest BCUT2D eigenvalue weighted by Gasteiger charge is 2.53. The fourth-order valence-electron chi connectivity index (χ4n) is 5.20. The van der Waals surface area contributed by atoms with Gasteiger partial charge in [-0.2, -0.15) is 0 Å². The van der Waals surface area contributed by atoms with E-state index in [0.29, 0.717) is 22.7 Å². The van der Waals surface area contributed by atoms with Crippen molar-refractivity contribution in [1.82, 2.24) is 0 Å². The number of rotatable bonds is 4. The van der Waals surface area contributed by atoms with E-state index in [2.05, 4.69) is 49.1 Å². The number of anilines is 3. The van der Waals surface area contributed by atoms with Gasteiger partial charge < -0.3 is 20.1 Å². The van der Waals surface area contributed by atoms with Gasteiger partial charge in [0.1, 0.15) is 11.5 Å². The number of ether oxygens (including phenoxy) is 2. The number of hydrogen-bond acceptors (Lipinski definition) is 5. The molecule has 0 amide bonds. The maximum atomic E-state index is 13.0. The van der Waals surface area contributed by atoms with Crippen LogP contribution in [-0.4, -0.2) is 12.5 Å². The van der Waals surface area contributed by atoms with Gasteiger partial charge in [0.15, 0.2) is 5.60 Å². The summed E-state index contributed by atoms with van der Waals surface area (Å²) < 4.78 is 12.6. The molecule has 6 rings (SSSR count). The number of carbonyl (C=O) groups is 1. The minimum atomic E-state index is -1.11. The highest BCUT2D eigenvalue weighted by Crippen LogP contribution is 2.57. The molecule has 0 radical (unpaired) electrons. The fourth-order valence-corrected chi connectivity index (χ4v) is 5.20. The van der Waals surface area contributed by atoms with E-state index in [9.17, 15) is 4.79 Å². The summed E-state index contributed by atoms with van der Waals surface area (Å²) in [6.45, 7) is 5.11. The molecule has 1 unspecified atom stereocenters. The van der Waals surface area contributed by atoms with Crippen LogP contribution in [0.4, 0.5) is 17.1 Å². The summed E-state index contributed by atoms with van der Waals surface area (Å²) in [7, 11) is 0. The molecule has 0 aromatic heterocycles. The standard InChI is InChI=1S/C30H26N2O3/c1-3-16-32(21-11-8-19(2)9-12-21)22-13-14-25-28(18-22)34-27-15-10-20(31)17-26(27)30(25)24-7-5-4-6-23(24)29(33)35-30/h4-15,17-18H,3,16,31H2,1-2H3. The molecule has 4 aromatic carbocycles. The van der Waals surface area contributed by atoms with Crippen LogP contribution in [0.25, 0.3) is 0 Å². The van der Waals surface area contributed by atoms with Crippen LogP contribution in [0.1, 0.15) is 46.0 Å². The third kappa shape index (κ3) is 3.19. The van der Waals surface area contributed by atoms with Gasteiger partial charge in [-0.15, -0.1) is 0 Å². The third-order valence-electron chi connectivity index (χ3n) is 6.82. The maximum Gasteiger partial charge on any atom is 0.340 e. The molecule has 2 N–H and O–H groups in total. The summed E-state index contributed by atoms with van der Waals surface area (Å²) in [6, 6.07) is 27.7. The number of aryl methyl sites for hydroxylation is 1. The molecular formula is C30H26N2O3. The molecule has 5 heteroatoms. The van der Waals surface area contributed by atoms with E-state index in [1.165, 1.54) is 5.56 Å². The first-order valence-corrected chi connectivity index (χ1v) is 11.9. The van der Waals surface area contributed by atoms with Crippen molar-refractivity contribution in [3.8, 4) is 11.5 Å². The number of carbonyl (C=O) groups excluding carboxylic acids is 1. The summed E-state index contributed by atoms with van der Waals surface area (Å²) >= 11 is 0. The van der Waals surface area contributed by atoms with Gasteiger partial charge >= 0.3 is 5.97 Å². The largest absolute Gasteiger partial charge is 0.456 e. The Balaban J connectivity index is 1.56. The second kappa shape index (κ2) is 7.91.